The molecule has 3 nitrogen and oxygen atoms in total. The van der Waals surface area contributed by atoms with E-state index in [1.165, 1.54) is 11.1 Å². The van der Waals surface area contributed by atoms with Crippen LogP contribution in [0.3, 0.4) is 0 Å². The van der Waals surface area contributed by atoms with Gasteiger partial charge in [-0.2, -0.15) is 0 Å². The molecular formula is C50H33N3. The fourth-order valence-electron chi connectivity index (χ4n) is 7.88. The second kappa shape index (κ2) is 12.9. The van der Waals surface area contributed by atoms with E-state index in [4.69, 9.17) is 9.98 Å². The van der Waals surface area contributed by atoms with Crippen molar-refractivity contribution in [2.24, 2.45) is 9.98 Å². The molecule has 1 aromatic heterocycles. The number of nitrogens with zero attached hydrogens (tertiary/aromatic N) is 2. The molecule has 53 heavy (non-hydrogen) atoms. The molecule has 3 heteroatoms. The van der Waals surface area contributed by atoms with Gasteiger partial charge < -0.3 is 4.98 Å². The van der Waals surface area contributed by atoms with E-state index in [9.17, 15) is 0 Å². The van der Waals surface area contributed by atoms with Crippen LogP contribution in [0.5, 0.6) is 0 Å². The molecule has 10 rings (SSSR count). The Bertz CT molecular complexity index is 2830. The molecule has 3 aliphatic heterocycles. The van der Waals surface area contributed by atoms with E-state index in [1.54, 1.807) is 0 Å². The summed E-state index contributed by atoms with van der Waals surface area (Å²) in [5, 5.41) is 2.04. The van der Waals surface area contributed by atoms with Crippen molar-refractivity contribution in [2.75, 3.05) is 0 Å². The predicted octanol–water partition coefficient (Wildman–Crippen LogP) is 9.77. The lowest BCUT2D eigenvalue weighted by Gasteiger charge is -2.12. The molecule has 4 heterocycles. The minimum atomic E-state index is 0.883. The van der Waals surface area contributed by atoms with Crippen LogP contribution in [-0.2, 0) is 0 Å². The Morgan fingerprint density at radius 1 is 0.302 bits per heavy atom. The van der Waals surface area contributed by atoms with E-state index in [-0.39, 0.29) is 0 Å². The highest BCUT2D eigenvalue weighted by Crippen LogP contribution is 2.44. The number of aromatic amines is 1. The van der Waals surface area contributed by atoms with Crippen LogP contribution in [0.1, 0.15) is 33.4 Å². The molecule has 1 N–H and O–H groups in total. The lowest BCUT2D eigenvalue weighted by molar-refractivity contribution is 1.25. The predicted molar refractivity (Wildman–Crippen MR) is 219 cm³/mol. The number of rotatable bonds is 4. The average molecular weight is 676 g/mol. The Morgan fingerprint density at radius 2 is 0.679 bits per heavy atom. The highest BCUT2D eigenvalue weighted by atomic mass is 14.8. The number of allylic oxidation sites excluding steroid dienone is 5. The molecule has 0 atom stereocenters. The fraction of sp³-hybridized carbons (Fsp3) is 0. The van der Waals surface area contributed by atoms with Gasteiger partial charge in [-0.3, -0.25) is 0 Å². The SMILES string of the molecule is C1=CC2=C(c3ccccc3)c3cc(c4cccccc3-4)C(c3ccccc3)=c3ccc([nH]3)=C(c3ccccc3)C3=NC(=C(c4ccccc4)C1=N2)C=C3. The first-order chi connectivity index (χ1) is 26.3. The van der Waals surface area contributed by atoms with Crippen molar-refractivity contribution in [2.45, 2.75) is 0 Å². The molecule has 0 fully saturated rings. The third-order valence-corrected chi connectivity index (χ3v) is 10.2. The van der Waals surface area contributed by atoms with E-state index < -0.39 is 0 Å². The third kappa shape index (κ3) is 5.38. The third-order valence-electron chi connectivity index (χ3n) is 10.2. The molecular weight excluding hydrogens is 643 g/mol. The second-order valence-electron chi connectivity index (χ2n) is 13.4. The summed E-state index contributed by atoms with van der Waals surface area (Å²) < 4.78 is 0. The zero-order chi connectivity index (χ0) is 35.1. The van der Waals surface area contributed by atoms with Crippen LogP contribution in [0.2, 0.25) is 0 Å². The summed E-state index contributed by atoms with van der Waals surface area (Å²) in [5.74, 6) is 0. The van der Waals surface area contributed by atoms with Crippen molar-refractivity contribution in [1.82, 2.24) is 4.98 Å². The zero-order valence-electron chi connectivity index (χ0n) is 28.9. The Morgan fingerprint density at radius 3 is 1.21 bits per heavy atom. The van der Waals surface area contributed by atoms with Gasteiger partial charge in [0, 0.05) is 33.0 Å². The van der Waals surface area contributed by atoms with Gasteiger partial charge in [0.05, 0.1) is 22.8 Å². The lowest BCUT2D eigenvalue weighted by Crippen LogP contribution is -2.19. The molecule has 5 aliphatic rings. The molecule has 0 saturated heterocycles. The Hall–Kier alpha value is -7.10. The van der Waals surface area contributed by atoms with Crippen molar-refractivity contribution in [3.05, 3.63) is 250 Å². The summed E-state index contributed by atoms with van der Waals surface area (Å²) in [7, 11) is 0. The Kier molecular flexibility index (Phi) is 7.47. The maximum Gasteiger partial charge on any atom is 0.0738 e. The molecule has 2 aliphatic carbocycles. The lowest BCUT2D eigenvalue weighted by atomic mass is 9.94. The monoisotopic (exact) mass is 675 g/mol. The van der Waals surface area contributed by atoms with E-state index in [0.29, 0.717) is 0 Å². The maximum absolute atomic E-state index is 5.48. The van der Waals surface area contributed by atoms with E-state index in [0.717, 1.165) is 89.2 Å². The van der Waals surface area contributed by atoms with Crippen LogP contribution in [-0.4, -0.2) is 16.4 Å². The highest BCUT2D eigenvalue weighted by Gasteiger charge is 2.27. The quantitative estimate of drug-likeness (QED) is 0.193. The van der Waals surface area contributed by atoms with Crippen LogP contribution < -0.4 is 10.7 Å². The van der Waals surface area contributed by atoms with Crippen molar-refractivity contribution < 1.29 is 0 Å². The Balaban J connectivity index is 1.40. The van der Waals surface area contributed by atoms with Crippen LogP contribution in [0.4, 0.5) is 0 Å². The second-order valence-corrected chi connectivity index (χ2v) is 13.4. The summed E-state index contributed by atoms with van der Waals surface area (Å²) in [5.41, 5.74) is 16.9. The number of aromatic nitrogens is 1. The smallest absolute Gasteiger partial charge is 0.0738 e. The highest BCUT2D eigenvalue weighted by molar-refractivity contribution is 6.35. The molecule has 0 saturated carbocycles. The van der Waals surface area contributed by atoms with Gasteiger partial charge in [-0.15, -0.1) is 0 Å². The molecule has 0 unspecified atom stereocenters. The van der Waals surface area contributed by atoms with Crippen molar-refractivity contribution in [3.8, 4) is 11.1 Å². The number of aliphatic imine (C=N–C) groups is 2. The van der Waals surface area contributed by atoms with Crippen molar-refractivity contribution in [3.63, 3.8) is 0 Å². The number of hydrogen-bond donors (Lipinski definition) is 1. The van der Waals surface area contributed by atoms with E-state index in [2.05, 4.69) is 199 Å². The van der Waals surface area contributed by atoms with Crippen molar-refractivity contribution >= 4 is 33.7 Å². The number of fused-ring (bicyclic) bond motifs is 9. The van der Waals surface area contributed by atoms with Gasteiger partial charge in [-0.05, 0) is 87.0 Å². The minimum Gasteiger partial charge on any atom is -0.354 e. The van der Waals surface area contributed by atoms with Gasteiger partial charge >= 0.3 is 0 Å². The first-order valence-electron chi connectivity index (χ1n) is 18.0. The molecule has 248 valence electrons. The van der Waals surface area contributed by atoms with Crippen molar-refractivity contribution in [1.29, 1.82) is 0 Å². The first kappa shape index (κ1) is 30.7. The standard InChI is InChI=1S/C50H33N3/c1-6-16-33(17-7-1)47-39-32-40(38-25-15-5-14-24-37(38)39)48(34-18-8-2-9-19-34)42-27-29-44(52-42)50(36-22-12-4-13-23-36)46-31-30-45(53-46)49(35-20-10-3-11-21-35)43-28-26-41(47)51-43/h1-32,51H. The largest absolute Gasteiger partial charge is 0.354 e. The van der Waals surface area contributed by atoms with Gasteiger partial charge in [0.25, 0.3) is 0 Å². The molecule has 0 spiro atoms. The number of nitrogens with one attached hydrogen (secondary N) is 1. The zero-order valence-corrected chi connectivity index (χ0v) is 28.9. The van der Waals surface area contributed by atoms with Crippen LogP contribution >= 0.6 is 0 Å². The van der Waals surface area contributed by atoms with Gasteiger partial charge in [-0.25, -0.2) is 9.98 Å². The summed E-state index contributed by atoms with van der Waals surface area (Å²) in [6.45, 7) is 0. The van der Waals surface area contributed by atoms with E-state index in [1.807, 2.05) is 0 Å². The first-order valence-corrected chi connectivity index (χ1v) is 18.0. The summed E-state index contributed by atoms with van der Waals surface area (Å²) in [4.78, 5) is 14.8. The number of H-pyrrole nitrogens is 1. The summed E-state index contributed by atoms with van der Waals surface area (Å²) in [6.07, 6.45) is 8.60. The van der Waals surface area contributed by atoms with Crippen LogP contribution in [0.15, 0.2) is 216 Å². The normalized spacial score (nSPS) is 15.0. The van der Waals surface area contributed by atoms with E-state index >= 15 is 0 Å². The fourth-order valence-corrected chi connectivity index (χ4v) is 7.88. The van der Waals surface area contributed by atoms with Gasteiger partial charge in [-0.1, -0.05) is 152 Å². The molecule has 8 bridgehead atoms. The van der Waals surface area contributed by atoms with Gasteiger partial charge in [0.1, 0.15) is 0 Å². The summed E-state index contributed by atoms with van der Waals surface area (Å²) >= 11 is 0. The molecule has 0 radical (unpaired) electrons. The minimum absolute atomic E-state index is 0.883. The van der Waals surface area contributed by atoms with Gasteiger partial charge in [0.2, 0.25) is 0 Å². The van der Waals surface area contributed by atoms with Gasteiger partial charge in [0.15, 0.2) is 0 Å². The van der Waals surface area contributed by atoms with Crippen LogP contribution in [0.25, 0.3) is 33.4 Å². The molecule has 0 amide bonds. The average Bonchev–Trinajstić information content (AvgIpc) is 4.02. The van der Waals surface area contributed by atoms with Crippen LogP contribution in [0, 0.1) is 0 Å². The molecule has 4 aromatic carbocycles. The Labute approximate surface area is 308 Å². The maximum atomic E-state index is 5.48. The topological polar surface area (TPSA) is 40.5 Å². The number of hydrogen-bond acceptors (Lipinski definition) is 2. The molecule has 5 aromatic rings. The number of benzene rings is 4. The summed E-state index contributed by atoms with van der Waals surface area (Å²) in [6, 6.07) is 60.1.